The molecule has 0 saturated carbocycles. The second kappa shape index (κ2) is 5.40. The summed E-state index contributed by atoms with van der Waals surface area (Å²) < 4.78 is 5.51. The van der Waals surface area contributed by atoms with Crippen molar-refractivity contribution in [3.63, 3.8) is 0 Å². The van der Waals surface area contributed by atoms with Gasteiger partial charge in [-0.15, -0.1) is 0 Å². The summed E-state index contributed by atoms with van der Waals surface area (Å²) in [4.78, 5) is 0. The van der Waals surface area contributed by atoms with Crippen LogP contribution in [0, 0.1) is 5.92 Å². The molecule has 1 rings (SSSR count). The summed E-state index contributed by atoms with van der Waals surface area (Å²) >= 11 is 9.91. The summed E-state index contributed by atoms with van der Waals surface area (Å²) in [6.45, 7) is 2.80. The fourth-order valence-corrected chi connectivity index (χ4v) is 1.05. The minimum atomic E-state index is 0.471. The fourth-order valence-electron chi connectivity index (χ4n) is 0.822. The molecule has 13 heavy (non-hydrogen) atoms. The van der Waals surface area contributed by atoms with Crippen LogP contribution in [0.2, 0.25) is 5.02 Å². The zero-order valence-corrected chi connectivity index (χ0v) is 9.18. The normalized spacial score (nSPS) is 12.5. The highest BCUT2D eigenvalue weighted by Gasteiger charge is 2.00. The highest BCUT2D eigenvalue weighted by Crippen LogP contribution is 2.16. The smallest absolute Gasteiger partial charge is 0.119 e. The van der Waals surface area contributed by atoms with Gasteiger partial charge in [0.1, 0.15) is 5.75 Å². The van der Waals surface area contributed by atoms with Gasteiger partial charge in [0.2, 0.25) is 0 Å². The first kappa shape index (κ1) is 10.7. The third kappa shape index (κ3) is 3.92. The molecule has 0 aliphatic rings. The summed E-state index contributed by atoms with van der Waals surface area (Å²) in [7, 11) is 0. The predicted molar refractivity (Wildman–Crippen MR) is 60.0 cm³/mol. The van der Waals surface area contributed by atoms with Crippen molar-refractivity contribution in [1.82, 2.24) is 0 Å². The Morgan fingerprint density at radius 2 is 2.00 bits per heavy atom. The zero-order valence-electron chi connectivity index (χ0n) is 7.53. The molecule has 0 heterocycles. The van der Waals surface area contributed by atoms with E-state index in [1.165, 1.54) is 0 Å². The van der Waals surface area contributed by atoms with E-state index in [1.54, 1.807) is 0 Å². The molecule has 0 radical (unpaired) electrons. The molecule has 1 aromatic carbocycles. The van der Waals surface area contributed by atoms with Gasteiger partial charge in [-0.2, -0.15) is 12.6 Å². The molecule has 72 valence electrons. The molecule has 1 aromatic rings. The third-order valence-corrected chi connectivity index (χ3v) is 2.54. The number of hydrogen-bond acceptors (Lipinski definition) is 2. The standard InChI is InChI=1S/C10H13ClOS/c1-8(7-13)6-12-10-4-2-9(11)3-5-10/h2-5,8,13H,6-7H2,1H3. The average Bonchev–Trinajstić information content (AvgIpc) is 2.16. The minimum Gasteiger partial charge on any atom is -0.493 e. The molecule has 0 aliphatic heterocycles. The number of ether oxygens (including phenoxy) is 1. The van der Waals surface area contributed by atoms with E-state index in [0.29, 0.717) is 12.5 Å². The topological polar surface area (TPSA) is 9.23 Å². The number of rotatable bonds is 4. The van der Waals surface area contributed by atoms with Crippen molar-refractivity contribution < 1.29 is 4.74 Å². The van der Waals surface area contributed by atoms with E-state index in [4.69, 9.17) is 16.3 Å². The average molecular weight is 217 g/mol. The van der Waals surface area contributed by atoms with E-state index in [1.807, 2.05) is 24.3 Å². The maximum atomic E-state index is 5.73. The molecular weight excluding hydrogens is 204 g/mol. The second-order valence-electron chi connectivity index (χ2n) is 3.05. The molecule has 3 heteroatoms. The maximum Gasteiger partial charge on any atom is 0.119 e. The van der Waals surface area contributed by atoms with Crippen LogP contribution in [-0.4, -0.2) is 12.4 Å². The molecule has 0 N–H and O–H groups in total. The molecule has 1 atom stereocenters. The van der Waals surface area contributed by atoms with Gasteiger partial charge in [-0.05, 0) is 35.9 Å². The number of benzene rings is 1. The van der Waals surface area contributed by atoms with Crippen molar-refractivity contribution in [1.29, 1.82) is 0 Å². The first-order chi connectivity index (χ1) is 6.22. The maximum absolute atomic E-state index is 5.73. The lowest BCUT2D eigenvalue weighted by Crippen LogP contribution is -2.09. The highest BCUT2D eigenvalue weighted by molar-refractivity contribution is 7.80. The van der Waals surface area contributed by atoms with Gasteiger partial charge in [-0.3, -0.25) is 0 Å². The Morgan fingerprint density at radius 1 is 1.38 bits per heavy atom. The predicted octanol–water partition coefficient (Wildman–Crippen LogP) is 3.28. The molecule has 0 saturated heterocycles. The summed E-state index contributed by atoms with van der Waals surface area (Å²) in [5.74, 6) is 2.17. The minimum absolute atomic E-state index is 0.471. The van der Waals surface area contributed by atoms with E-state index in [0.717, 1.165) is 16.5 Å². The van der Waals surface area contributed by atoms with Gasteiger partial charge >= 0.3 is 0 Å². The lowest BCUT2D eigenvalue weighted by Gasteiger charge is -2.10. The van der Waals surface area contributed by atoms with Gasteiger partial charge in [-0.25, -0.2) is 0 Å². The Balaban J connectivity index is 2.41. The third-order valence-electron chi connectivity index (χ3n) is 1.66. The summed E-state index contributed by atoms with van der Waals surface area (Å²) in [6.07, 6.45) is 0. The van der Waals surface area contributed by atoms with Crippen LogP contribution in [0.25, 0.3) is 0 Å². The van der Waals surface area contributed by atoms with Gasteiger partial charge in [0.05, 0.1) is 6.61 Å². The van der Waals surface area contributed by atoms with E-state index < -0.39 is 0 Å². The number of thiol groups is 1. The Kier molecular flexibility index (Phi) is 4.46. The van der Waals surface area contributed by atoms with Crippen molar-refractivity contribution in [2.75, 3.05) is 12.4 Å². The molecule has 0 amide bonds. The van der Waals surface area contributed by atoms with Gasteiger partial charge < -0.3 is 4.74 Å². The largest absolute Gasteiger partial charge is 0.493 e. The Hall–Kier alpha value is -0.340. The quantitative estimate of drug-likeness (QED) is 0.760. The molecular formula is C10H13ClOS. The summed E-state index contributed by atoms with van der Waals surface area (Å²) in [5.41, 5.74) is 0. The molecule has 1 unspecified atom stereocenters. The fraction of sp³-hybridized carbons (Fsp3) is 0.400. The SMILES string of the molecule is CC(CS)COc1ccc(Cl)cc1. The van der Waals surface area contributed by atoms with Crippen molar-refractivity contribution in [2.24, 2.45) is 5.92 Å². The molecule has 1 nitrogen and oxygen atoms in total. The van der Waals surface area contributed by atoms with Crippen LogP contribution in [-0.2, 0) is 0 Å². The molecule has 0 fully saturated rings. The number of halogens is 1. The summed E-state index contributed by atoms with van der Waals surface area (Å²) in [5, 5.41) is 0.731. The van der Waals surface area contributed by atoms with Crippen molar-refractivity contribution in [2.45, 2.75) is 6.92 Å². The lowest BCUT2D eigenvalue weighted by molar-refractivity contribution is 0.273. The number of hydrogen-bond donors (Lipinski definition) is 1. The van der Waals surface area contributed by atoms with Crippen LogP contribution >= 0.6 is 24.2 Å². The molecule has 0 spiro atoms. The monoisotopic (exact) mass is 216 g/mol. The Bertz CT molecular complexity index is 248. The van der Waals surface area contributed by atoms with Crippen molar-refractivity contribution >= 4 is 24.2 Å². The van der Waals surface area contributed by atoms with Gasteiger partial charge in [0.15, 0.2) is 0 Å². The van der Waals surface area contributed by atoms with E-state index in [-0.39, 0.29) is 0 Å². The summed E-state index contributed by atoms with van der Waals surface area (Å²) in [6, 6.07) is 7.38. The zero-order chi connectivity index (χ0) is 9.68. The van der Waals surface area contributed by atoms with Crippen LogP contribution < -0.4 is 4.74 Å². The van der Waals surface area contributed by atoms with Crippen molar-refractivity contribution in [3.8, 4) is 5.75 Å². The Labute approximate surface area is 89.5 Å². The van der Waals surface area contributed by atoms with E-state index >= 15 is 0 Å². The van der Waals surface area contributed by atoms with E-state index in [9.17, 15) is 0 Å². The second-order valence-corrected chi connectivity index (χ2v) is 3.85. The molecule has 0 bridgehead atoms. The molecule has 0 aromatic heterocycles. The lowest BCUT2D eigenvalue weighted by atomic mass is 10.2. The Morgan fingerprint density at radius 3 is 2.54 bits per heavy atom. The van der Waals surface area contributed by atoms with Gasteiger partial charge in [0, 0.05) is 5.02 Å². The molecule has 0 aliphatic carbocycles. The first-order valence-corrected chi connectivity index (χ1v) is 5.22. The van der Waals surface area contributed by atoms with Crippen LogP contribution in [0.15, 0.2) is 24.3 Å². The highest BCUT2D eigenvalue weighted by atomic mass is 35.5. The van der Waals surface area contributed by atoms with Gasteiger partial charge in [0.25, 0.3) is 0 Å². The van der Waals surface area contributed by atoms with Crippen LogP contribution in [0.5, 0.6) is 5.75 Å². The van der Waals surface area contributed by atoms with Crippen molar-refractivity contribution in [3.05, 3.63) is 29.3 Å². The van der Waals surface area contributed by atoms with Crippen LogP contribution in [0.3, 0.4) is 0 Å². The van der Waals surface area contributed by atoms with Crippen LogP contribution in [0.1, 0.15) is 6.92 Å². The van der Waals surface area contributed by atoms with Gasteiger partial charge in [-0.1, -0.05) is 18.5 Å². The van der Waals surface area contributed by atoms with Crippen LogP contribution in [0.4, 0.5) is 0 Å². The van der Waals surface area contributed by atoms with E-state index in [2.05, 4.69) is 19.6 Å². The first-order valence-electron chi connectivity index (χ1n) is 4.21.